The Kier molecular flexibility index (Phi) is 4.73. The van der Waals surface area contributed by atoms with Crippen molar-refractivity contribution in [1.82, 2.24) is 0 Å². The summed E-state index contributed by atoms with van der Waals surface area (Å²) < 4.78 is 11.4. The maximum atomic E-state index is 13.2. The van der Waals surface area contributed by atoms with Gasteiger partial charge in [-0.15, -0.1) is 0 Å². The summed E-state index contributed by atoms with van der Waals surface area (Å²) in [6, 6.07) is 14.6. The molecule has 154 valence electrons. The topological polar surface area (TPSA) is 76.7 Å². The van der Waals surface area contributed by atoms with Gasteiger partial charge in [-0.3, -0.25) is 9.59 Å². The molecule has 0 aliphatic carbocycles. The van der Waals surface area contributed by atoms with Crippen molar-refractivity contribution in [3.63, 3.8) is 0 Å². The Bertz CT molecular complexity index is 1410. The zero-order valence-corrected chi connectivity index (χ0v) is 17.4. The molecule has 4 aromatic rings. The second-order valence-corrected chi connectivity index (χ2v) is 8.12. The highest BCUT2D eigenvalue weighted by Gasteiger charge is 2.33. The van der Waals surface area contributed by atoms with E-state index in [4.69, 9.17) is 32.4 Å². The summed E-state index contributed by atoms with van der Waals surface area (Å²) in [4.78, 5) is 25.5. The van der Waals surface area contributed by atoms with E-state index in [1.54, 1.807) is 42.5 Å². The van der Waals surface area contributed by atoms with Gasteiger partial charge >= 0.3 is 5.97 Å². The summed E-state index contributed by atoms with van der Waals surface area (Å²) in [6.45, 7) is 0. The number of fused-ring (bicyclic) bond motifs is 3. The van der Waals surface area contributed by atoms with Crippen LogP contribution >= 0.6 is 23.2 Å². The summed E-state index contributed by atoms with van der Waals surface area (Å²) >= 11 is 12.5. The number of carbonyl (C=O) groups is 1. The van der Waals surface area contributed by atoms with Gasteiger partial charge in [0.1, 0.15) is 23.3 Å². The van der Waals surface area contributed by atoms with Gasteiger partial charge in [0.2, 0.25) is 5.43 Å². The molecule has 1 atom stereocenters. The highest BCUT2D eigenvalue weighted by Crippen LogP contribution is 2.45. The van der Waals surface area contributed by atoms with E-state index in [2.05, 4.69) is 0 Å². The highest BCUT2D eigenvalue weighted by atomic mass is 35.5. The van der Waals surface area contributed by atoms with Gasteiger partial charge in [0.15, 0.2) is 0 Å². The second-order valence-electron chi connectivity index (χ2n) is 7.28. The van der Waals surface area contributed by atoms with Gasteiger partial charge in [0.25, 0.3) is 0 Å². The van der Waals surface area contributed by atoms with E-state index in [0.717, 1.165) is 0 Å². The van der Waals surface area contributed by atoms with Crippen LogP contribution in [0.5, 0.6) is 11.5 Å². The Balaban J connectivity index is 1.74. The average molecular weight is 453 g/mol. The van der Waals surface area contributed by atoms with E-state index in [0.29, 0.717) is 49.0 Å². The molecule has 5 nitrogen and oxygen atoms in total. The van der Waals surface area contributed by atoms with Crippen molar-refractivity contribution in [3.05, 3.63) is 92.3 Å². The molecule has 1 N–H and O–H groups in total. The maximum Gasteiger partial charge on any atom is 0.312 e. The van der Waals surface area contributed by atoms with Crippen LogP contribution in [-0.2, 0) is 4.79 Å². The van der Waals surface area contributed by atoms with Crippen molar-refractivity contribution >= 4 is 40.1 Å². The first kappa shape index (κ1) is 19.7. The third kappa shape index (κ3) is 3.36. The zero-order valence-electron chi connectivity index (χ0n) is 15.9. The fourth-order valence-electron chi connectivity index (χ4n) is 3.95. The van der Waals surface area contributed by atoms with E-state index >= 15 is 0 Å². The molecule has 0 radical (unpaired) electrons. The Morgan fingerprint density at radius 1 is 0.968 bits per heavy atom. The molecule has 7 heteroatoms. The summed E-state index contributed by atoms with van der Waals surface area (Å²) in [7, 11) is 0. The number of carbonyl (C=O) groups excluding carboxylic acids is 1. The van der Waals surface area contributed by atoms with Gasteiger partial charge in [0, 0.05) is 21.5 Å². The van der Waals surface area contributed by atoms with Crippen molar-refractivity contribution in [2.24, 2.45) is 0 Å². The molecular weight excluding hydrogens is 439 g/mol. The zero-order chi connectivity index (χ0) is 21.7. The minimum Gasteiger partial charge on any atom is -0.508 e. The molecule has 3 aromatic carbocycles. The van der Waals surface area contributed by atoms with Crippen LogP contribution in [0.3, 0.4) is 0 Å². The van der Waals surface area contributed by atoms with Gasteiger partial charge in [-0.25, -0.2) is 0 Å². The van der Waals surface area contributed by atoms with E-state index in [1.165, 1.54) is 18.4 Å². The standard InChI is InChI=1S/C24H14Cl2O5/c25-13-3-6-15(19(26)9-13)17-10-21(28)31-20-8-7-16-23(29)18(11-30-24(16)22(17)20)12-1-4-14(27)5-2-12/h1-9,11,17,27H,10H2/t17-/m1/s1. The van der Waals surface area contributed by atoms with Crippen LogP contribution in [0.2, 0.25) is 10.0 Å². The third-order valence-corrected chi connectivity index (χ3v) is 5.96. The summed E-state index contributed by atoms with van der Waals surface area (Å²) in [6.07, 6.45) is 1.44. The minimum atomic E-state index is -0.451. The highest BCUT2D eigenvalue weighted by molar-refractivity contribution is 6.35. The van der Waals surface area contributed by atoms with Crippen LogP contribution in [0.4, 0.5) is 0 Å². The molecule has 0 spiro atoms. The summed E-state index contributed by atoms with van der Waals surface area (Å²) in [5.41, 5.74) is 2.38. The van der Waals surface area contributed by atoms with Crippen LogP contribution in [0.15, 0.2) is 70.1 Å². The van der Waals surface area contributed by atoms with Crippen molar-refractivity contribution in [2.75, 3.05) is 0 Å². The maximum absolute atomic E-state index is 13.2. The van der Waals surface area contributed by atoms with Crippen molar-refractivity contribution in [3.8, 4) is 22.6 Å². The molecule has 1 aliphatic rings. The van der Waals surface area contributed by atoms with Crippen LogP contribution in [0.1, 0.15) is 23.5 Å². The van der Waals surface area contributed by atoms with E-state index in [-0.39, 0.29) is 17.6 Å². The number of aromatic hydroxyl groups is 1. The van der Waals surface area contributed by atoms with Gasteiger partial charge in [-0.2, -0.15) is 0 Å². The first-order valence-electron chi connectivity index (χ1n) is 9.46. The van der Waals surface area contributed by atoms with Crippen LogP contribution in [0.25, 0.3) is 22.1 Å². The molecule has 31 heavy (non-hydrogen) atoms. The molecule has 2 heterocycles. The van der Waals surface area contributed by atoms with Crippen molar-refractivity contribution < 1.29 is 19.1 Å². The van der Waals surface area contributed by atoms with Gasteiger partial charge in [-0.1, -0.05) is 41.4 Å². The molecule has 5 rings (SSSR count). The number of benzene rings is 3. The molecule has 0 amide bonds. The van der Waals surface area contributed by atoms with E-state index < -0.39 is 11.9 Å². The van der Waals surface area contributed by atoms with Crippen LogP contribution in [0, 0.1) is 0 Å². The first-order chi connectivity index (χ1) is 14.9. The number of hydrogen-bond acceptors (Lipinski definition) is 5. The fraction of sp³-hybridized carbons (Fsp3) is 0.0833. The second kappa shape index (κ2) is 7.45. The lowest BCUT2D eigenvalue weighted by atomic mass is 9.85. The van der Waals surface area contributed by atoms with Crippen molar-refractivity contribution in [1.29, 1.82) is 0 Å². The molecule has 0 saturated heterocycles. The Morgan fingerprint density at radius 2 is 1.74 bits per heavy atom. The van der Waals surface area contributed by atoms with Crippen molar-refractivity contribution in [2.45, 2.75) is 12.3 Å². The lowest BCUT2D eigenvalue weighted by Crippen LogP contribution is -2.22. The van der Waals surface area contributed by atoms with Gasteiger partial charge in [-0.05, 0) is 47.5 Å². The lowest BCUT2D eigenvalue weighted by molar-refractivity contribution is -0.135. The Hall–Kier alpha value is -3.28. The first-order valence-corrected chi connectivity index (χ1v) is 10.2. The van der Waals surface area contributed by atoms with E-state index in [1.807, 2.05) is 0 Å². The lowest BCUT2D eigenvalue weighted by Gasteiger charge is -2.26. The minimum absolute atomic E-state index is 0.0525. The van der Waals surface area contributed by atoms with E-state index in [9.17, 15) is 14.7 Å². The normalized spacial score (nSPS) is 15.5. The van der Waals surface area contributed by atoms with Crippen LogP contribution in [-0.4, -0.2) is 11.1 Å². The number of phenolic OH excluding ortho intramolecular Hbond substituents is 1. The molecular formula is C24H14Cl2O5. The SMILES string of the molecule is O=C1C[C@H](c2ccc(Cl)cc2Cl)c2c(ccc3c(=O)c(-c4ccc(O)cc4)coc23)O1. The fourth-order valence-corrected chi connectivity index (χ4v) is 4.49. The molecule has 0 bridgehead atoms. The number of phenols is 1. The average Bonchev–Trinajstić information content (AvgIpc) is 2.74. The third-order valence-electron chi connectivity index (χ3n) is 5.40. The Morgan fingerprint density at radius 3 is 2.48 bits per heavy atom. The quantitative estimate of drug-likeness (QED) is 0.302. The monoisotopic (exact) mass is 452 g/mol. The molecule has 0 fully saturated rings. The van der Waals surface area contributed by atoms with Crippen LogP contribution < -0.4 is 10.2 Å². The molecule has 1 aromatic heterocycles. The largest absolute Gasteiger partial charge is 0.508 e. The molecule has 0 unspecified atom stereocenters. The number of hydrogen-bond donors (Lipinski definition) is 1. The molecule has 0 saturated carbocycles. The number of rotatable bonds is 2. The Labute approximate surface area is 186 Å². The van der Waals surface area contributed by atoms with Gasteiger partial charge < -0.3 is 14.3 Å². The predicted octanol–water partition coefficient (Wildman–Crippen LogP) is 5.91. The smallest absolute Gasteiger partial charge is 0.312 e. The summed E-state index contributed by atoms with van der Waals surface area (Å²) in [5, 5.41) is 10.8. The number of halogens is 2. The van der Waals surface area contributed by atoms with Gasteiger partial charge in [0.05, 0.1) is 17.4 Å². The number of esters is 1. The summed E-state index contributed by atoms with van der Waals surface area (Å²) in [5.74, 6) is -0.411. The predicted molar refractivity (Wildman–Crippen MR) is 118 cm³/mol. The molecule has 1 aliphatic heterocycles. The number of ether oxygens (including phenoxy) is 1.